The zero-order chi connectivity index (χ0) is 5.28. The molecule has 0 fully saturated rings. The molecule has 0 radical (unpaired) electrons. The van der Waals surface area contributed by atoms with Crippen molar-refractivity contribution in [2.75, 3.05) is 0 Å². The van der Waals surface area contributed by atoms with E-state index in [0.717, 1.165) is 0 Å². The summed E-state index contributed by atoms with van der Waals surface area (Å²) in [5.74, 6) is 0. The molecule has 11 heavy (non-hydrogen) atoms. The zero-order valence-electron chi connectivity index (χ0n) is 6.37. The first-order valence-corrected chi connectivity index (χ1v) is 2.49. The average Bonchev–Trinajstić information content (AvgIpc) is 1.87. The molecule has 62 valence electrons. The second-order valence-corrected chi connectivity index (χ2v) is 1.97. The minimum Gasteiger partial charge on any atom is -1.00 e. The van der Waals surface area contributed by atoms with Crippen LogP contribution >= 0.6 is 0 Å². The normalized spacial score (nSPS) is 6.00. The van der Waals surface area contributed by atoms with E-state index in [9.17, 15) is 0 Å². The molecule has 0 bridgehead atoms. The van der Waals surface area contributed by atoms with Crippen molar-refractivity contribution in [3.8, 4) is 0 Å². The standard InChI is InChI=1S/C7H9.3ClH.Zr/c1-6-3-4-7(2)5-6;;;;/h3-5H,1-2H3;3*1H;/q-1;;;;+4/p-3. The smallest absolute Gasteiger partial charge is 1.00 e. The second kappa shape index (κ2) is 11.1. The molecule has 1 aromatic carbocycles. The Morgan fingerprint density at radius 1 is 1.18 bits per heavy atom. The first-order valence-electron chi connectivity index (χ1n) is 2.49. The van der Waals surface area contributed by atoms with Crippen LogP contribution in [0.1, 0.15) is 11.1 Å². The van der Waals surface area contributed by atoms with Crippen molar-refractivity contribution in [1.82, 2.24) is 0 Å². The van der Waals surface area contributed by atoms with Gasteiger partial charge in [0, 0.05) is 0 Å². The van der Waals surface area contributed by atoms with Gasteiger partial charge >= 0.3 is 26.2 Å². The van der Waals surface area contributed by atoms with E-state index in [0.29, 0.717) is 0 Å². The van der Waals surface area contributed by atoms with E-state index in [1.54, 1.807) is 0 Å². The van der Waals surface area contributed by atoms with Crippen LogP contribution in [-0.2, 0) is 26.2 Å². The minimum absolute atomic E-state index is 0. The maximum atomic E-state index is 2.17. The van der Waals surface area contributed by atoms with Crippen molar-refractivity contribution in [2.45, 2.75) is 13.8 Å². The topological polar surface area (TPSA) is 0 Å². The summed E-state index contributed by atoms with van der Waals surface area (Å²) in [5.41, 5.74) is 2.72. The van der Waals surface area contributed by atoms with Crippen molar-refractivity contribution in [3.63, 3.8) is 0 Å². The van der Waals surface area contributed by atoms with E-state index in [1.165, 1.54) is 11.1 Å². The van der Waals surface area contributed by atoms with E-state index in [-0.39, 0.29) is 63.4 Å². The van der Waals surface area contributed by atoms with E-state index >= 15 is 0 Å². The zero-order valence-corrected chi connectivity index (χ0v) is 11.1. The van der Waals surface area contributed by atoms with Crippen LogP contribution in [-0.4, -0.2) is 0 Å². The van der Waals surface area contributed by atoms with Crippen LogP contribution in [0.15, 0.2) is 18.2 Å². The van der Waals surface area contributed by atoms with E-state index in [1.807, 2.05) is 0 Å². The van der Waals surface area contributed by atoms with E-state index in [4.69, 9.17) is 0 Å². The quantitative estimate of drug-likeness (QED) is 0.417. The molecular weight excluding hydrogens is 282 g/mol. The van der Waals surface area contributed by atoms with Crippen LogP contribution < -0.4 is 37.2 Å². The predicted molar refractivity (Wildman–Crippen MR) is 31.5 cm³/mol. The Balaban J connectivity index is -0.0000000612. The van der Waals surface area contributed by atoms with Gasteiger partial charge in [0.05, 0.1) is 0 Å². The van der Waals surface area contributed by atoms with Gasteiger partial charge in [-0.15, -0.1) is 0 Å². The van der Waals surface area contributed by atoms with Crippen molar-refractivity contribution < 1.29 is 63.4 Å². The Kier molecular flexibility index (Phi) is 22.9. The molecule has 0 nitrogen and oxygen atoms in total. The first kappa shape index (κ1) is 22.7. The second-order valence-electron chi connectivity index (χ2n) is 1.97. The van der Waals surface area contributed by atoms with Crippen molar-refractivity contribution in [2.24, 2.45) is 0 Å². The van der Waals surface area contributed by atoms with Gasteiger partial charge in [0.1, 0.15) is 0 Å². The minimum atomic E-state index is 0. The number of hydrogen-bond acceptors (Lipinski definition) is 0. The average molecular weight is 291 g/mol. The number of halogens is 3. The number of aryl methyl sites for hydroxylation is 2. The molecule has 0 saturated carbocycles. The van der Waals surface area contributed by atoms with Crippen LogP contribution in [0.4, 0.5) is 0 Å². The molecule has 1 aromatic rings. The fraction of sp³-hybridized carbons (Fsp3) is 0.286. The molecule has 0 aliphatic rings. The molecule has 0 amide bonds. The van der Waals surface area contributed by atoms with Crippen LogP contribution in [0, 0.1) is 13.8 Å². The maximum Gasteiger partial charge on any atom is 4.00 e. The van der Waals surface area contributed by atoms with Gasteiger partial charge in [-0.3, -0.25) is 0 Å². The number of hydrogen-bond donors (Lipinski definition) is 0. The van der Waals surface area contributed by atoms with Crippen LogP contribution in [0.5, 0.6) is 0 Å². The van der Waals surface area contributed by atoms with Crippen LogP contribution in [0.3, 0.4) is 0 Å². The van der Waals surface area contributed by atoms with Crippen molar-refractivity contribution in [3.05, 3.63) is 29.3 Å². The predicted octanol–water partition coefficient (Wildman–Crippen LogP) is -6.97. The monoisotopic (exact) mass is 288 g/mol. The van der Waals surface area contributed by atoms with Gasteiger partial charge < -0.3 is 37.2 Å². The van der Waals surface area contributed by atoms with Gasteiger partial charge in [-0.2, -0.15) is 17.7 Å². The van der Waals surface area contributed by atoms with Crippen LogP contribution in [0.2, 0.25) is 0 Å². The maximum absolute atomic E-state index is 2.17. The molecule has 0 aliphatic heterocycles. The Labute approximate surface area is 106 Å². The summed E-state index contributed by atoms with van der Waals surface area (Å²) in [4.78, 5) is 0. The number of rotatable bonds is 0. The van der Waals surface area contributed by atoms with Crippen molar-refractivity contribution >= 4 is 0 Å². The summed E-state index contributed by atoms with van der Waals surface area (Å²) < 4.78 is 0. The summed E-state index contributed by atoms with van der Waals surface area (Å²) in [6.45, 7) is 4.21. The molecule has 0 heterocycles. The fourth-order valence-electron chi connectivity index (χ4n) is 0.718. The third-order valence-corrected chi connectivity index (χ3v) is 1.06. The molecule has 0 unspecified atom stereocenters. The fourth-order valence-corrected chi connectivity index (χ4v) is 0.718. The molecule has 0 aromatic heterocycles. The third kappa shape index (κ3) is 9.01. The largest absolute Gasteiger partial charge is 4.00 e. The molecular formula is C7H9Cl3Zr. The van der Waals surface area contributed by atoms with E-state index in [2.05, 4.69) is 32.0 Å². The molecule has 0 N–H and O–H groups in total. The van der Waals surface area contributed by atoms with E-state index < -0.39 is 0 Å². The molecule has 0 saturated heterocycles. The van der Waals surface area contributed by atoms with Gasteiger partial charge in [-0.1, -0.05) is 13.8 Å². The molecule has 4 heteroatoms. The summed E-state index contributed by atoms with van der Waals surface area (Å²) in [6, 6.07) is 6.41. The van der Waals surface area contributed by atoms with Crippen LogP contribution in [0.25, 0.3) is 0 Å². The first-order chi connectivity index (χ1) is 3.29. The summed E-state index contributed by atoms with van der Waals surface area (Å²) in [6.07, 6.45) is 0. The Morgan fingerprint density at radius 3 is 1.73 bits per heavy atom. The summed E-state index contributed by atoms with van der Waals surface area (Å²) in [5, 5.41) is 0. The Morgan fingerprint density at radius 2 is 1.64 bits per heavy atom. The summed E-state index contributed by atoms with van der Waals surface area (Å²) in [7, 11) is 0. The molecule has 1 rings (SSSR count). The molecule has 0 spiro atoms. The third-order valence-electron chi connectivity index (χ3n) is 1.06. The van der Waals surface area contributed by atoms with Crippen molar-refractivity contribution in [1.29, 1.82) is 0 Å². The van der Waals surface area contributed by atoms with Gasteiger partial charge in [-0.05, 0) is 0 Å². The van der Waals surface area contributed by atoms with Gasteiger partial charge in [0.25, 0.3) is 0 Å². The molecule has 0 aliphatic carbocycles. The Bertz CT molecular complexity index is 146. The summed E-state index contributed by atoms with van der Waals surface area (Å²) >= 11 is 0. The SMILES string of the molecule is Cc1cc[c-](C)c1.[Cl-].[Cl-].[Cl-].[Zr+4]. The van der Waals surface area contributed by atoms with Gasteiger partial charge in [-0.25, -0.2) is 11.6 Å². The molecule has 0 atom stereocenters. The van der Waals surface area contributed by atoms with Gasteiger partial charge in [0.2, 0.25) is 0 Å². The Hall–Kier alpha value is 1.10. The van der Waals surface area contributed by atoms with Gasteiger partial charge in [0.15, 0.2) is 0 Å².